The minimum absolute atomic E-state index is 0.0139. The van der Waals surface area contributed by atoms with Crippen LogP contribution in [0.1, 0.15) is 35.4 Å². The summed E-state index contributed by atoms with van der Waals surface area (Å²) in [5.74, 6) is 1.25. The van der Waals surface area contributed by atoms with Crippen LogP contribution in [0, 0.1) is 5.92 Å². The molecule has 0 bridgehead atoms. The first-order valence-corrected chi connectivity index (χ1v) is 7.55. The molecule has 0 saturated heterocycles. The molecule has 3 nitrogen and oxygen atoms in total. The van der Waals surface area contributed by atoms with E-state index in [1.54, 1.807) is 13.2 Å². The molecule has 1 amide bonds. The van der Waals surface area contributed by atoms with E-state index in [4.69, 9.17) is 16.3 Å². The number of thiophene rings is 1. The molecule has 1 aromatic rings. The zero-order valence-electron chi connectivity index (χ0n) is 10.4. The molecule has 1 aliphatic carbocycles. The molecule has 1 heterocycles. The fraction of sp³-hybridized carbons (Fsp3) is 0.615. The quantitative estimate of drug-likeness (QED) is 0.863. The molecule has 100 valence electrons. The summed E-state index contributed by atoms with van der Waals surface area (Å²) in [5, 5.41) is 5.10. The number of halogens is 1. The smallest absolute Gasteiger partial charge is 0.261 e. The molecule has 1 aliphatic rings. The van der Waals surface area contributed by atoms with Crippen LogP contribution < -0.4 is 10.1 Å². The second-order valence-corrected chi connectivity index (χ2v) is 6.22. The van der Waals surface area contributed by atoms with Crippen molar-refractivity contribution in [1.29, 1.82) is 0 Å². The number of amides is 1. The fourth-order valence-corrected chi connectivity index (χ4v) is 3.46. The van der Waals surface area contributed by atoms with E-state index in [0.717, 1.165) is 31.6 Å². The van der Waals surface area contributed by atoms with E-state index < -0.39 is 0 Å². The van der Waals surface area contributed by atoms with Crippen LogP contribution >= 0.6 is 22.9 Å². The highest BCUT2D eigenvalue weighted by Gasteiger charge is 2.21. The van der Waals surface area contributed by atoms with E-state index in [9.17, 15) is 4.79 Å². The Bertz CT molecular complexity index is 407. The van der Waals surface area contributed by atoms with E-state index in [1.165, 1.54) is 17.8 Å². The van der Waals surface area contributed by atoms with Gasteiger partial charge in [0.05, 0.1) is 12.0 Å². The predicted octanol–water partition coefficient (Wildman–Crippen LogP) is 3.28. The van der Waals surface area contributed by atoms with Crippen molar-refractivity contribution in [2.24, 2.45) is 5.92 Å². The molecule has 0 aliphatic heterocycles. The van der Waals surface area contributed by atoms with Crippen LogP contribution in [-0.4, -0.2) is 24.9 Å². The zero-order chi connectivity index (χ0) is 13.0. The molecule has 1 fully saturated rings. The number of ether oxygens (including phenoxy) is 1. The molecule has 2 rings (SSSR count). The van der Waals surface area contributed by atoms with Gasteiger partial charge in [0, 0.05) is 23.4 Å². The van der Waals surface area contributed by atoms with Gasteiger partial charge in [-0.15, -0.1) is 22.9 Å². The van der Waals surface area contributed by atoms with Gasteiger partial charge in [-0.1, -0.05) is 6.42 Å². The zero-order valence-corrected chi connectivity index (χ0v) is 12.0. The number of alkyl halides is 1. The van der Waals surface area contributed by atoms with E-state index in [0.29, 0.717) is 10.8 Å². The Hall–Kier alpha value is -0.740. The van der Waals surface area contributed by atoms with Crippen LogP contribution in [0.4, 0.5) is 0 Å². The third-order valence-corrected chi connectivity index (χ3v) is 4.61. The van der Waals surface area contributed by atoms with Crippen molar-refractivity contribution in [3.8, 4) is 5.75 Å². The van der Waals surface area contributed by atoms with Crippen LogP contribution in [-0.2, 0) is 0 Å². The number of carbonyl (C=O) groups excluding carboxylic acids is 1. The number of methoxy groups -OCH3 is 1. The maximum atomic E-state index is 11.9. The third kappa shape index (κ3) is 3.62. The first-order chi connectivity index (χ1) is 8.69. The number of hydrogen-bond donors (Lipinski definition) is 1. The van der Waals surface area contributed by atoms with Crippen molar-refractivity contribution in [1.82, 2.24) is 5.32 Å². The number of nitrogens with one attached hydrogen (secondary N) is 1. The Kier molecular flexibility index (Phi) is 4.89. The highest BCUT2D eigenvalue weighted by atomic mass is 35.5. The Morgan fingerprint density at radius 2 is 2.44 bits per heavy atom. The van der Waals surface area contributed by atoms with E-state index in [-0.39, 0.29) is 11.3 Å². The van der Waals surface area contributed by atoms with Crippen LogP contribution in [0.25, 0.3) is 0 Å². The fourth-order valence-electron chi connectivity index (χ4n) is 2.28. The third-order valence-electron chi connectivity index (χ3n) is 3.31. The van der Waals surface area contributed by atoms with Crippen molar-refractivity contribution < 1.29 is 9.53 Å². The summed E-state index contributed by atoms with van der Waals surface area (Å²) in [6.45, 7) is 0.724. The summed E-state index contributed by atoms with van der Waals surface area (Å²) < 4.78 is 5.07. The first-order valence-electron chi connectivity index (χ1n) is 6.24. The van der Waals surface area contributed by atoms with Gasteiger partial charge in [0.25, 0.3) is 5.91 Å². The SMILES string of the molecule is COc1csc(C(=O)NCC2CCCC(Cl)C2)c1. The molecular weight excluding hydrogens is 270 g/mol. The van der Waals surface area contributed by atoms with Crippen LogP contribution in [0.5, 0.6) is 5.75 Å². The van der Waals surface area contributed by atoms with Crippen LogP contribution in [0.2, 0.25) is 0 Å². The predicted molar refractivity (Wildman–Crippen MR) is 74.8 cm³/mol. The molecule has 0 radical (unpaired) electrons. The minimum Gasteiger partial charge on any atom is -0.496 e. The monoisotopic (exact) mass is 287 g/mol. The maximum absolute atomic E-state index is 11.9. The first kappa shape index (κ1) is 13.7. The summed E-state index contributed by atoms with van der Waals surface area (Å²) in [6.07, 6.45) is 4.45. The Labute approximate surface area is 116 Å². The largest absolute Gasteiger partial charge is 0.496 e. The average Bonchev–Trinajstić information content (AvgIpc) is 2.85. The average molecular weight is 288 g/mol. The van der Waals surface area contributed by atoms with Gasteiger partial charge in [0.1, 0.15) is 5.75 Å². The lowest BCUT2D eigenvalue weighted by Crippen LogP contribution is -2.31. The maximum Gasteiger partial charge on any atom is 0.261 e. The normalized spacial score (nSPS) is 23.7. The van der Waals surface area contributed by atoms with Gasteiger partial charge in [-0.3, -0.25) is 4.79 Å². The van der Waals surface area contributed by atoms with Gasteiger partial charge in [-0.2, -0.15) is 0 Å². The van der Waals surface area contributed by atoms with Crippen molar-refractivity contribution in [3.05, 3.63) is 16.3 Å². The van der Waals surface area contributed by atoms with Crippen LogP contribution in [0.15, 0.2) is 11.4 Å². The minimum atomic E-state index is -0.0139. The molecule has 18 heavy (non-hydrogen) atoms. The van der Waals surface area contributed by atoms with Gasteiger partial charge in [-0.05, 0) is 25.2 Å². The van der Waals surface area contributed by atoms with Crippen molar-refractivity contribution >= 4 is 28.8 Å². The van der Waals surface area contributed by atoms with Gasteiger partial charge < -0.3 is 10.1 Å². The molecular formula is C13H18ClNO2S. The summed E-state index contributed by atoms with van der Waals surface area (Å²) in [4.78, 5) is 12.6. The lowest BCUT2D eigenvalue weighted by Gasteiger charge is -2.25. The molecule has 1 aromatic heterocycles. The second-order valence-electron chi connectivity index (χ2n) is 4.69. The lowest BCUT2D eigenvalue weighted by molar-refractivity contribution is 0.0947. The van der Waals surface area contributed by atoms with E-state index in [1.807, 2.05) is 5.38 Å². The summed E-state index contributed by atoms with van der Waals surface area (Å²) in [5.41, 5.74) is 0. The summed E-state index contributed by atoms with van der Waals surface area (Å²) in [7, 11) is 1.60. The Morgan fingerprint density at radius 3 is 3.11 bits per heavy atom. The van der Waals surface area contributed by atoms with E-state index in [2.05, 4.69) is 5.32 Å². The molecule has 1 N–H and O–H groups in total. The topological polar surface area (TPSA) is 38.3 Å². The Balaban J connectivity index is 1.80. The molecule has 0 aromatic carbocycles. The van der Waals surface area contributed by atoms with Gasteiger partial charge in [-0.25, -0.2) is 0 Å². The summed E-state index contributed by atoms with van der Waals surface area (Å²) in [6, 6.07) is 1.77. The molecule has 5 heteroatoms. The van der Waals surface area contributed by atoms with Crippen molar-refractivity contribution in [2.45, 2.75) is 31.1 Å². The lowest BCUT2D eigenvalue weighted by atomic mass is 9.89. The second kappa shape index (κ2) is 6.43. The van der Waals surface area contributed by atoms with Crippen molar-refractivity contribution in [2.75, 3.05) is 13.7 Å². The Morgan fingerprint density at radius 1 is 1.61 bits per heavy atom. The number of hydrogen-bond acceptors (Lipinski definition) is 3. The summed E-state index contributed by atoms with van der Waals surface area (Å²) >= 11 is 7.54. The highest BCUT2D eigenvalue weighted by molar-refractivity contribution is 7.12. The number of rotatable bonds is 4. The van der Waals surface area contributed by atoms with Gasteiger partial charge in [0.15, 0.2) is 0 Å². The molecule has 2 unspecified atom stereocenters. The molecule has 2 atom stereocenters. The standard InChI is InChI=1S/C13H18ClNO2S/c1-17-11-6-12(18-8-11)13(16)15-7-9-3-2-4-10(14)5-9/h6,8-10H,2-5,7H2,1H3,(H,15,16). The van der Waals surface area contributed by atoms with Crippen molar-refractivity contribution in [3.63, 3.8) is 0 Å². The van der Waals surface area contributed by atoms with Crippen LogP contribution in [0.3, 0.4) is 0 Å². The van der Waals surface area contributed by atoms with Gasteiger partial charge in [0.2, 0.25) is 0 Å². The number of carbonyl (C=O) groups is 1. The highest BCUT2D eigenvalue weighted by Crippen LogP contribution is 2.27. The van der Waals surface area contributed by atoms with E-state index >= 15 is 0 Å². The molecule has 1 saturated carbocycles. The molecule has 0 spiro atoms. The van der Waals surface area contributed by atoms with Gasteiger partial charge >= 0.3 is 0 Å².